The van der Waals surface area contributed by atoms with Crippen LogP contribution in [-0.2, 0) is 13.0 Å². The molecule has 2 heterocycles. The molecule has 0 amide bonds. The molecule has 0 aliphatic carbocycles. The maximum Gasteiger partial charge on any atom is 0.0794 e. The van der Waals surface area contributed by atoms with E-state index in [-0.39, 0.29) is 6.04 Å². The Morgan fingerprint density at radius 2 is 2.29 bits per heavy atom. The molecule has 1 atom stereocenters. The van der Waals surface area contributed by atoms with Gasteiger partial charge in [-0.25, -0.2) is 0 Å². The Morgan fingerprint density at radius 3 is 3.12 bits per heavy atom. The second kappa shape index (κ2) is 4.47. The Morgan fingerprint density at radius 1 is 1.41 bits per heavy atom. The quantitative estimate of drug-likeness (QED) is 0.880. The van der Waals surface area contributed by atoms with E-state index in [0.717, 1.165) is 19.5 Å². The molecule has 17 heavy (non-hydrogen) atoms. The largest absolute Gasteiger partial charge is 0.365 e. The molecule has 0 saturated carbocycles. The Balaban J connectivity index is 1.90. The Bertz CT molecular complexity index is 495. The Labute approximate surface area is 105 Å². The van der Waals surface area contributed by atoms with Crippen LogP contribution in [0.1, 0.15) is 10.4 Å². The van der Waals surface area contributed by atoms with Gasteiger partial charge in [-0.15, -0.1) is 11.3 Å². The fourth-order valence-electron chi connectivity index (χ4n) is 2.38. The highest BCUT2D eigenvalue weighted by molar-refractivity contribution is 7.09. The first-order chi connectivity index (χ1) is 8.33. The molecule has 0 saturated heterocycles. The van der Waals surface area contributed by atoms with Crippen molar-refractivity contribution in [1.82, 2.24) is 4.98 Å². The first-order valence-electron chi connectivity index (χ1n) is 5.79. The lowest BCUT2D eigenvalue weighted by Crippen LogP contribution is -2.42. The molecule has 3 nitrogen and oxygen atoms in total. The molecule has 4 heteroatoms. The van der Waals surface area contributed by atoms with Crippen LogP contribution in [0.3, 0.4) is 0 Å². The number of nitrogens with two attached hydrogens (primary N) is 1. The van der Waals surface area contributed by atoms with E-state index in [1.54, 1.807) is 11.3 Å². The molecule has 1 aliphatic rings. The average molecular weight is 245 g/mol. The number of fused-ring (bicyclic) bond motifs is 1. The number of hydrogen-bond donors (Lipinski definition) is 1. The van der Waals surface area contributed by atoms with Crippen molar-refractivity contribution in [2.75, 3.05) is 11.4 Å². The van der Waals surface area contributed by atoms with Gasteiger partial charge in [0.15, 0.2) is 0 Å². The summed E-state index contributed by atoms with van der Waals surface area (Å²) < 4.78 is 0. The van der Waals surface area contributed by atoms with Crippen LogP contribution in [0.2, 0.25) is 0 Å². The van der Waals surface area contributed by atoms with Gasteiger partial charge in [0.05, 0.1) is 12.1 Å². The minimum Gasteiger partial charge on any atom is -0.365 e. The lowest BCUT2D eigenvalue weighted by Gasteiger charge is -2.34. The van der Waals surface area contributed by atoms with Crippen LogP contribution < -0.4 is 10.6 Å². The van der Waals surface area contributed by atoms with E-state index < -0.39 is 0 Å². The zero-order chi connectivity index (χ0) is 11.7. The molecule has 1 aromatic carbocycles. The maximum atomic E-state index is 6.12. The molecule has 2 N–H and O–H groups in total. The number of nitrogens with zero attached hydrogens (tertiary/aromatic N) is 2. The summed E-state index contributed by atoms with van der Waals surface area (Å²) >= 11 is 1.70. The van der Waals surface area contributed by atoms with Crippen LogP contribution in [0.15, 0.2) is 36.0 Å². The molecule has 3 rings (SSSR count). The van der Waals surface area contributed by atoms with Crippen molar-refractivity contribution in [2.45, 2.75) is 19.0 Å². The van der Waals surface area contributed by atoms with Crippen LogP contribution in [0, 0.1) is 0 Å². The molecule has 1 aliphatic heterocycles. The van der Waals surface area contributed by atoms with Gasteiger partial charge in [0.25, 0.3) is 0 Å². The fraction of sp³-hybridized carbons (Fsp3) is 0.308. The third-order valence-corrected chi connectivity index (χ3v) is 3.86. The summed E-state index contributed by atoms with van der Waals surface area (Å²) in [6.45, 7) is 1.84. The highest BCUT2D eigenvalue weighted by atomic mass is 32.1. The average Bonchev–Trinajstić information content (AvgIpc) is 2.81. The standard InChI is InChI=1S/C13H15N3S/c14-11-5-10-3-1-2-4-13(10)16(7-11)8-12-6-15-9-17-12/h1-4,6,9,11H,5,7-8,14H2. The predicted molar refractivity (Wildman–Crippen MR) is 71.3 cm³/mol. The number of aromatic nitrogens is 1. The molecule has 1 unspecified atom stereocenters. The third-order valence-electron chi connectivity index (χ3n) is 3.10. The molecule has 2 aromatic rings. The fourth-order valence-corrected chi connectivity index (χ4v) is 2.99. The van der Waals surface area contributed by atoms with Gasteiger partial charge in [0.1, 0.15) is 0 Å². The molecule has 0 radical (unpaired) electrons. The van der Waals surface area contributed by atoms with Crippen molar-refractivity contribution in [1.29, 1.82) is 0 Å². The van der Waals surface area contributed by atoms with Crippen molar-refractivity contribution in [2.24, 2.45) is 5.73 Å². The summed E-state index contributed by atoms with van der Waals surface area (Å²) in [5, 5.41) is 0. The van der Waals surface area contributed by atoms with E-state index in [1.165, 1.54) is 16.1 Å². The van der Waals surface area contributed by atoms with Crippen molar-refractivity contribution in [3.8, 4) is 0 Å². The summed E-state index contributed by atoms with van der Waals surface area (Å²) in [5.74, 6) is 0. The lowest BCUT2D eigenvalue weighted by molar-refractivity contribution is 0.600. The maximum absolute atomic E-state index is 6.12. The second-order valence-electron chi connectivity index (χ2n) is 4.44. The summed E-state index contributed by atoms with van der Waals surface area (Å²) in [5.41, 5.74) is 10.7. The smallest absolute Gasteiger partial charge is 0.0794 e. The first-order valence-corrected chi connectivity index (χ1v) is 6.66. The predicted octanol–water partition coefficient (Wildman–Crippen LogP) is 2.03. The van der Waals surface area contributed by atoms with Gasteiger partial charge in [-0.1, -0.05) is 18.2 Å². The topological polar surface area (TPSA) is 42.1 Å². The molecule has 0 spiro atoms. The number of thiazole rings is 1. The van der Waals surface area contributed by atoms with Gasteiger partial charge in [0, 0.05) is 29.3 Å². The summed E-state index contributed by atoms with van der Waals surface area (Å²) in [4.78, 5) is 7.77. The van der Waals surface area contributed by atoms with Crippen molar-refractivity contribution < 1.29 is 0 Å². The number of para-hydroxylation sites is 1. The van der Waals surface area contributed by atoms with Gasteiger partial charge in [-0.2, -0.15) is 0 Å². The van der Waals surface area contributed by atoms with Crippen molar-refractivity contribution in [3.63, 3.8) is 0 Å². The minimum absolute atomic E-state index is 0.234. The molecule has 0 fully saturated rings. The molecular weight excluding hydrogens is 230 g/mol. The summed E-state index contributed by atoms with van der Waals surface area (Å²) in [6, 6.07) is 8.77. The van der Waals surface area contributed by atoms with Gasteiger partial charge >= 0.3 is 0 Å². The van der Waals surface area contributed by atoms with E-state index >= 15 is 0 Å². The van der Waals surface area contributed by atoms with Gasteiger partial charge in [-0.3, -0.25) is 4.98 Å². The highest BCUT2D eigenvalue weighted by Gasteiger charge is 2.21. The first kappa shape index (κ1) is 10.7. The second-order valence-corrected chi connectivity index (χ2v) is 5.41. The molecule has 88 valence electrons. The zero-order valence-corrected chi connectivity index (χ0v) is 10.4. The highest BCUT2D eigenvalue weighted by Crippen LogP contribution is 2.28. The molecule has 1 aromatic heterocycles. The van der Waals surface area contributed by atoms with E-state index in [1.807, 2.05) is 11.7 Å². The summed E-state index contributed by atoms with van der Waals surface area (Å²) in [7, 11) is 0. The minimum atomic E-state index is 0.234. The Kier molecular flexibility index (Phi) is 2.82. The van der Waals surface area contributed by atoms with Crippen molar-refractivity contribution >= 4 is 17.0 Å². The van der Waals surface area contributed by atoms with E-state index in [4.69, 9.17) is 5.73 Å². The van der Waals surface area contributed by atoms with Crippen molar-refractivity contribution in [3.05, 3.63) is 46.4 Å². The Hall–Kier alpha value is -1.39. The SMILES string of the molecule is NC1Cc2ccccc2N(Cc2cncs2)C1. The van der Waals surface area contributed by atoms with Crippen LogP contribution in [0.4, 0.5) is 5.69 Å². The molecule has 0 bridgehead atoms. The van der Waals surface area contributed by atoms with Gasteiger partial charge < -0.3 is 10.6 Å². The zero-order valence-electron chi connectivity index (χ0n) is 9.54. The normalized spacial score (nSPS) is 19.1. The number of anilines is 1. The van der Waals surface area contributed by atoms with E-state index in [0.29, 0.717) is 0 Å². The van der Waals surface area contributed by atoms with E-state index in [9.17, 15) is 0 Å². The monoisotopic (exact) mass is 245 g/mol. The molecular formula is C13H15N3S. The number of benzene rings is 1. The van der Waals surface area contributed by atoms with Crippen LogP contribution in [0.25, 0.3) is 0 Å². The van der Waals surface area contributed by atoms with Crippen LogP contribution >= 0.6 is 11.3 Å². The van der Waals surface area contributed by atoms with Gasteiger partial charge in [-0.05, 0) is 18.1 Å². The van der Waals surface area contributed by atoms with E-state index in [2.05, 4.69) is 34.1 Å². The lowest BCUT2D eigenvalue weighted by atomic mass is 9.98. The van der Waals surface area contributed by atoms with Gasteiger partial charge in [0.2, 0.25) is 0 Å². The third kappa shape index (κ3) is 2.18. The van der Waals surface area contributed by atoms with Crippen LogP contribution in [0.5, 0.6) is 0 Å². The number of hydrogen-bond acceptors (Lipinski definition) is 4. The van der Waals surface area contributed by atoms with Crippen LogP contribution in [-0.4, -0.2) is 17.6 Å². The number of rotatable bonds is 2. The summed E-state index contributed by atoms with van der Waals surface area (Å²) in [6.07, 6.45) is 2.92.